The number of rotatable bonds is 6. The molecule has 1 aromatic carbocycles. The van der Waals surface area contributed by atoms with Crippen LogP contribution in [0.3, 0.4) is 0 Å². The number of benzene rings is 1. The first-order valence-electron chi connectivity index (χ1n) is 7.69. The minimum Gasteiger partial charge on any atom is -0.495 e. The minimum atomic E-state index is 0.184. The number of anilines is 1. The maximum atomic E-state index is 12.2. The van der Waals surface area contributed by atoms with E-state index in [1.807, 2.05) is 11.0 Å². The zero-order valence-corrected chi connectivity index (χ0v) is 13.7. The first-order valence-corrected chi connectivity index (χ1v) is 8.07. The molecule has 1 heterocycles. The number of methoxy groups -OCH3 is 1. The molecule has 1 fully saturated rings. The molecule has 22 heavy (non-hydrogen) atoms. The van der Waals surface area contributed by atoms with Gasteiger partial charge in [-0.3, -0.25) is 4.79 Å². The summed E-state index contributed by atoms with van der Waals surface area (Å²) in [4.78, 5) is 14.1. The lowest BCUT2D eigenvalue weighted by Crippen LogP contribution is -2.40. The van der Waals surface area contributed by atoms with E-state index in [-0.39, 0.29) is 5.91 Å². The summed E-state index contributed by atoms with van der Waals surface area (Å²) in [5.74, 6) is 1.47. The van der Waals surface area contributed by atoms with Gasteiger partial charge in [-0.2, -0.15) is 0 Å². The number of nitrogens with one attached hydrogen (secondary N) is 1. The van der Waals surface area contributed by atoms with E-state index in [9.17, 15) is 4.79 Å². The Morgan fingerprint density at radius 1 is 1.45 bits per heavy atom. The maximum Gasteiger partial charge on any atom is 0.224 e. The van der Waals surface area contributed by atoms with E-state index < -0.39 is 0 Å². The zero-order valence-electron chi connectivity index (χ0n) is 13.0. The van der Waals surface area contributed by atoms with Gasteiger partial charge in [-0.15, -0.1) is 0 Å². The molecule has 3 N–H and O–H groups in total. The highest BCUT2D eigenvalue weighted by molar-refractivity contribution is 6.30. The average molecular weight is 326 g/mol. The molecule has 2 rings (SSSR count). The van der Waals surface area contributed by atoms with Gasteiger partial charge in [0.25, 0.3) is 0 Å². The molecule has 1 amide bonds. The smallest absolute Gasteiger partial charge is 0.224 e. The normalized spacial score (nSPS) is 15.7. The molecule has 5 nitrogen and oxygen atoms in total. The van der Waals surface area contributed by atoms with Crippen molar-refractivity contribution in [2.75, 3.05) is 38.6 Å². The number of nitrogens with zero attached hydrogens (tertiary/aromatic N) is 1. The van der Waals surface area contributed by atoms with Crippen LogP contribution in [0.4, 0.5) is 5.69 Å². The number of halogens is 1. The molecule has 0 spiro atoms. The van der Waals surface area contributed by atoms with Gasteiger partial charge in [0.1, 0.15) is 5.75 Å². The van der Waals surface area contributed by atoms with Crippen LogP contribution >= 0.6 is 11.6 Å². The summed E-state index contributed by atoms with van der Waals surface area (Å²) in [7, 11) is 1.61. The fourth-order valence-electron chi connectivity index (χ4n) is 2.70. The van der Waals surface area contributed by atoms with Crippen molar-refractivity contribution in [1.82, 2.24) is 4.90 Å². The van der Waals surface area contributed by atoms with Crippen LogP contribution in [0.1, 0.15) is 19.3 Å². The van der Waals surface area contributed by atoms with Crippen LogP contribution in [0.5, 0.6) is 5.75 Å². The van der Waals surface area contributed by atoms with Crippen molar-refractivity contribution in [3.05, 3.63) is 23.2 Å². The van der Waals surface area contributed by atoms with Gasteiger partial charge in [0, 0.05) is 31.1 Å². The number of likely N-dealkylation sites (tertiary alicyclic amines) is 1. The molecule has 1 aliphatic heterocycles. The molecule has 0 unspecified atom stereocenters. The van der Waals surface area contributed by atoms with Gasteiger partial charge in [-0.1, -0.05) is 11.6 Å². The van der Waals surface area contributed by atoms with Crippen LogP contribution in [-0.2, 0) is 4.79 Å². The van der Waals surface area contributed by atoms with Crippen molar-refractivity contribution in [3.8, 4) is 5.75 Å². The van der Waals surface area contributed by atoms with E-state index in [0.29, 0.717) is 23.9 Å². The van der Waals surface area contributed by atoms with Crippen LogP contribution < -0.4 is 15.8 Å². The Hall–Kier alpha value is -1.46. The summed E-state index contributed by atoms with van der Waals surface area (Å²) in [6.07, 6.45) is 2.48. The first-order chi connectivity index (χ1) is 10.6. The van der Waals surface area contributed by atoms with Gasteiger partial charge < -0.3 is 20.7 Å². The fourth-order valence-corrected chi connectivity index (χ4v) is 2.87. The Morgan fingerprint density at radius 3 is 2.82 bits per heavy atom. The largest absolute Gasteiger partial charge is 0.495 e. The molecule has 6 heteroatoms. The Morgan fingerprint density at radius 2 is 2.18 bits per heavy atom. The summed E-state index contributed by atoms with van der Waals surface area (Å²) in [6.45, 7) is 2.92. The third-order valence-electron chi connectivity index (χ3n) is 4.12. The first kappa shape index (κ1) is 16.9. The fraction of sp³-hybridized carbons (Fsp3) is 0.562. The van der Waals surface area contributed by atoms with Crippen molar-refractivity contribution in [3.63, 3.8) is 0 Å². The second-order valence-corrected chi connectivity index (χ2v) is 6.02. The number of hydrogen-bond acceptors (Lipinski definition) is 4. The van der Waals surface area contributed by atoms with Crippen LogP contribution in [-0.4, -0.2) is 44.1 Å². The summed E-state index contributed by atoms with van der Waals surface area (Å²) < 4.78 is 5.27. The molecule has 122 valence electrons. The Bertz CT molecular complexity index is 502. The number of carbonyl (C=O) groups is 1. The van der Waals surface area contributed by atoms with Crippen molar-refractivity contribution >= 4 is 23.2 Å². The highest BCUT2D eigenvalue weighted by atomic mass is 35.5. The molecule has 1 aliphatic rings. The number of hydrogen-bond donors (Lipinski definition) is 2. The van der Waals surface area contributed by atoms with Gasteiger partial charge >= 0.3 is 0 Å². The van der Waals surface area contributed by atoms with Crippen LogP contribution in [0.25, 0.3) is 0 Å². The van der Waals surface area contributed by atoms with E-state index in [1.165, 1.54) is 0 Å². The van der Waals surface area contributed by atoms with Gasteiger partial charge in [0.05, 0.1) is 12.8 Å². The topological polar surface area (TPSA) is 67.6 Å². The van der Waals surface area contributed by atoms with E-state index in [2.05, 4.69) is 5.32 Å². The highest BCUT2D eigenvalue weighted by Crippen LogP contribution is 2.27. The van der Waals surface area contributed by atoms with Crippen molar-refractivity contribution in [2.45, 2.75) is 19.3 Å². The second kappa shape index (κ2) is 8.25. The van der Waals surface area contributed by atoms with Crippen molar-refractivity contribution < 1.29 is 9.53 Å². The predicted octanol–water partition coefficient (Wildman–Crippen LogP) is 2.35. The molecule has 1 saturated heterocycles. The summed E-state index contributed by atoms with van der Waals surface area (Å²) in [5.41, 5.74) is 6.48. The molecule has 0 radical (unpaired) electrons. The quantitative estimate of drug-likeness (QED) is 0.842. The third kappa shape index (κ3) is 4.52. The number of amides is 1. The molecular formula is C16H24ClN3O2. The Labute approximate surface area is 136 Å². The van der Waals surface area contributed by atoms with E-state index in [4.69, 9.17) is 22.1 Å². The summed E-state index contributed by atoms with van der Waals surface area (Å²) in [5, 5.41) is 3.86. The maximum absolute atomic E-state index is 12.2. The number of nitrogens with two attached hydrogens (primary N) is 1. The molecule has 0 aliphatic carbocycles. The molecule has 0 saturated carbocycles. The minimum absolute atomic E-state index is 0.184. The lowest BCUT2D eigenvalue weighted by atomic mass is 9.97. The van der Waals surface area contributed by atoms with Gasteiger partial charge in [0.2, 0.25) is 5.91 Å². The molecule has 1 aromatic rings. The zero-order chi connectivity index (χ0) is 15.9. The van der Waals surface area contributed by atoms with Crippen LogP contribution in [0, 0.1) is 5.92 Å². The van der Waals surface area contributed by atoms with E-state index >= 15 is 0 Å². The lowest BCUT2D eigenvalue weighted by molar-refractivity contribution is -0.132. The van der Waals surface area contributed by atoms with E-state index in [0.717, 1.165) is 43.9 Å². The van der Waals surface area contributed by atoms with Crippen molar-refractivity contribution in [2.24, 2.45) is 11.7 Å². The number of piperidine rings is 1. The predicted molar refractivity (Wildman–Crippen MR) is 89.5 cm³/mol. The van der Waals surface area contributed by atoms with Crippen LogP contribution in [0.15, 0.2) is 18.2 Å². The number of ether oxygens (including phenoxy) is 1. The summed E-state index contributed by atoms with van der Waals surface area (Å²) >= 11 is 5.98. The molecule has 0 bridgehead atoms. The van der Waals surface area contributed by atoms with Gasteiger partial charge in [0.15, 0.2) is 0 Å². The second-order valence-electron chi connectivity index (χ2n) is 5.58. The van der Waals surface area contributed by atoms with E-state index in [1.54, 1.807) is 19.2 Å². The average Bonchev–Trinajstić information content (AvgIpc) is 2.55. The standard InChI is InChI=1S/C16H24ClN3O2/c1-22-15-3-2-13(17)10-14(15)19-7-4-16(21)20-8-5-12(11-18)6-9-20/h2-3,10,12,19H,4-9,11,18H2,1H3. The SMILES string of the molecule is COc1ccc(Cl)cc1NCCC(=O)N1CCC(CN)CC1. The molecular weight excluding hydrogens is 302 g/mol. The van der Waals surface area contributed by atoms with Gasteiger partial charge in [-0.25, -0.2) is 0 Å². The van der Waals surface area contributed by atoms with Crippen LogP contribution in [0.2, 0.25) is 5.02 Å². The number of carbonyl (C=O) groups excluding carboxylic acids is 1. The third-order valence-corrected chi connectivity index (χ3v) is 4.35. The Kier molecular flexibility index (Phi) is 6.34. The summed E-state index contributed by atoms with van der Waals surface area (Å²) in [6, 6.07) is 5.39. The monoisotopic (exact) mass is 325 g/mol. The molecule has 0 atom stereocenters. The Balaban J connectivity index is 1.79. The molecule has 0 aromatic heterocycles. The lowest BCUT2D eigenvalue weighted by Gasteiger charge is -2.31. The van der Waals surface area contributed by atoms with Crippen molar-refractivity contribution in [1.29, 1.82) is 0 Å². The van der Waals surface area contributed by atoms with Gasteiger partial charge in [-0.05, 0) is 43.5 Å². The highest BCUT2D eigenvalue weighted by Gasteiger charge is 2.21.